The molecule has 0 fully saturated rings. The lowest BCUT2D eigenvalue weighted by atomic mass is 10.0. The number of nitrogens with one attached hydrogen (secondary N) is 1. The summed E-state index contributed by atoms with van der Waals surface area (Å²) >= 11 is 1.21. The molecule has 3 amide bonds. The third kappa shape index (κ3) is 4.28. The lowest BCUT2D eigenvalue weighted by Crippen LogP contribution is -2.36. The number of primary amides is 1. The number of hydrogen-bond donors (Lipinski definition) is 2. The highest BCUT2D eigenvalue weighted by atomic mass is 32.1. The van der Waals surface area contributed by atoms with Crippen LogP contribution in [-0.4, -0.2) is 49.0 Å². The molecule has 3 N–H and O–H groups in total. The Balaban J connectivity index is 1.83. The highest BCUT2D eigenvalue weighted by Crippen LogP contribution is 2.37. The van der Waals surface area contributed by atoms with Crippen molar-refractivity contribution in [2.45, 2.75) is 19.9 Å². The maximum Gasteiger partial charge on any atom is 0.410 e. The first kappa shape index (κ1) is 21.3. The molecule has 0 saturated heterocycles. The summed E-state index contributed by atoms with van der Waals surface area (Å²) in [5.74, 6) is -1.60. The Labute approximate surface area is 176 Å². The molecule has 0 spiro atoms. The maximum atomic E-state index is 12.7. The Bertz CT molecular complexity index is 999. The smallest absolute Gasteiger partial charge is 0.410 e. The number of nitrogens with two attached hydrogens (primary N) is 1. The Morgan fingerprint density at radius 3 is 2.43 bits per heavy atom. The monoisotopic (exact) mass is 431 g/mol. The van der Waals surface area contributed by atoms with Gasteiger partial charge in [-0.1, -0.05) is 0 Å². The predicted molar refractivity (Wildman–Crippen MR) is 110 cm³/mol. The first-order valence-corrected chi connectivity index (χ1v) is 10.0. The Hall–Kier alpha value is -3.40. The normalized spacial score (nSPS) is 12.7. The summed E-state index contributed by atoms with van der Waals surface area (Å²) in [6.45, 7) is 2.68. The second-order valence-corrected chi connectivity index (χ2v) is 7.57. The topological polar surface area (TPSA) is 128 Å². The molecule has 1 aromatic heterocycles. The van der Waals surface area contributed by atoms with Crippen molar-refractivity contribution in [2.24, 2.45) is 5.73 Å². The van der Waals surface area contributed by atoms with Crippen molar-refractivity contribution in [1.82, 2.24) is 4.90 Å². The van der Waals surface area contributed by atoms with E-state index in [1.807, 2.05) is 0 Å². The molecule has 2 heterocycles. The summed E-state index contributed by atoms with van der Waals surface area (Å²) in [4.78, 5) is 50.6. The van der Waals surface area contributed by atoms with E-state index in [1.165, 1.54) is 42.7 Å². The Morgan fingerprint density at radius 1 is 1.17 bits per heavy atom. The summed E-state index contributed by atoms with van der Waals surface area (Å²) in [6, 6.07) is 5.93. The van der Waals surface area contributed by atoms with Crippen LogP contribution < -0.4 is 11.1 Å². The second kappa shape index (κ2) is 8.95. The highest BCUT2D eigenvalue weighted by molar-refractivity contribution is 7.17. The molecule has 0 atom stereocenters. The second-order valence-electron chi connectivity index (χ2n) is 6.47. The van der Waals surface area contributed by atoms with Crippen LogP contribution in [0.15, 0.2) is 24.3 Å². The zero-order chi connectivity index (χ0) is 21.8. The maximum absolute atomic E-state index is 12.7. The van der Waals surface area contributed by atoms with E-state index in [9.17, 15) is 19.2 Å². The number of hydrogen-bond acceptors (Lipinski definition) is 7. The number of carbonyl (C=O) groups excluding carboxylic acids is 4. The fourth-order valence-corrected chi connectivity index (χ4v) is 4.44. The van der Waals surface area contributed by atoms with Gasteiger partial charge >= 0.3 is 12.1 Å². The van der Waals surface area contributed by atoms with Crippen LogP contribution >= 0.6 is 11.3 Å². The van der Waals surface area contributed by atoms with E-state index in [0.29, 0.717) is 29.1 Å². The van der Waals surface area contributed by atoms with Crippen molar-refractivity contribution in [3.8, 4) is 0 Å². The van der Waals surface area contributed by atoms with Gasteiger partial charge < -0.3 is 25.4 Å². The first-order chi connectivity index (χ1) is 14.3. The molecule has 0 radical (unpaired) electrons. The van der Waals surface area contributed by atoms with Crippen molar-refractivity contribution in [1.29, 1.82) is 0 Å². The van der Waals surface area contributed by atoms with Crippen LogP contribution in [0.3, 0.4) is 0 Å². The summed E-state index contributed by atoms with van der Waals surface area (Å²) < 4.78 is 9.67. The van der Waals surface area contributed by atoms with Gasteiger partial charge in [0.25, 0.3) is 11.8 Å². The minimum atomic E-state index is -0.645. The first-order valence-electron chi connectivity index (χ1n) is 9.21. The standard InChI is InChI=1S/C20H21N3O6S/c1-3-29-20(27)23-9-8-13-14(10-23)30-18(15(13)16(21)24)22-17(25)11-4-6-12(7-5-11)19(26)28-2/h4-7H,3,8-10H2,1-2H3,(H2,21,24)(H,22,25). The number of ether oxygens (including phenoxy) is 2. The molecule has 2 aromatic rings. The van der Waals surface area contributed by atoms with Gasteiger partial charge in [-0.15, -0.1) is 11.3 Å². The number of methoxy groups -OCH3 is 1. The van der Waals surface area contributed by atoms with Crippen LogP contribution in [0.1, 0.15) is 48.4 Å². The van der Waals surface area contributed by atoms with E-state index in [1.54, 1.807) is 11.8 Å². The van der Waals surface area contributed by atoms with Gasteiger partial charge in [-0.2, -0.15) is 0 Å². The van der Waals surface area contributed by atoms with Crippen molar-refractivity contribution in [3.05, 3.63) is 51.4 Å². The molecule has 1 aliphatic heterocycles. The molecular formula is C20H21N3O6S. The molecule has 3 rings (SSSR count). The van der Waals surface area contributed by atoms with E-state index in [-0.39, 0.29) is 18.7 Å². The molecule has 0 aliphatic carbocycles. The average Bonchev–Trinajstić information content (AvgIpc) is 3.10. The van der Waals surface area contributed by atoms with Gasteiger partial charge in [0.15, 0.2) is 0 Å². The summed E-state index contributed by atoms with van der Waals surface area (Å²) in [5, 5.41) is 3.06. The minimum Gasteiger partial charge on any atom is -0.465 e. The van der Waals surface area contributed by atoms with Crippen molar-refractivity contribution in [3.63, 3.8) is 0 Å². The van der Waals surface area contributed by atoms with Gasteiger partial charge in [-0.05, 0) is 43.2 Å². The molecule has 0 unspecified atom stereocenters. The quantitative estimate of drug-likeness (QED) is 0.700. The lowest BCUT2D eigenvalue weighted by Gasteiger charge is -2.26. The Kier molecular flexibility index (Phi) is 6.36. The van der Waals surface area contributed by atoms with Crippen LogP contribution in [-0.2, 0) is 22.4 Å². The molecule has 10 heteroatoms. The Morgan fingerprint density at radius 2 is 1.83 bits per heavy atom. The number of fused-ring (bicyclic) bond motifs is 1. The molecule has 9 nitrogen and oxygen atoms in total. The largest absolute Gasteiger partial charge is 0.465 e. The SMILES string of the molecule is CCOC(=O)N1CCc2c(sc(NC(=O)c3ccc(C(=O)OC)cc3)c2C(N)=O)C1. The van der Waals surface area contributed by atoms with E-state index >= 15 is 0 Å². The molecule has 1 aliphatic rings. The van der Waals surface area contributed by atoms with E-state index in [2.05, 4.69) is 10.1 Å². The minimum absolute atomic E-state index is 0.262. The van der Waals surface area contributed by atoms with E-state index in [4.69, 9.17) is 10.5 Å². The number of benzene rings is 1. The van der Waals surface area contributed by atoms with Gasteiger partial charge in [0, 0.05) is 17.0 Å². The zero-order valence-electron chi connectivity index (χ0n) is 16.5. The van der Waals surface area contributed by atoms with Crippen molar-refractivity contribution >= 4 is 40.2 Å². The average molecular weight is 431 g/mol. The van der Waals surface area contributed by atoms with Crippen LogP contribution in [0, 0.1) is 0 Å². The molecular weight excluding hydrogens is 410 g/mol. The zero-order valence-corrected chi connectivity index (χ0v) is 17.3. The number of amides is 3. The number of esters is 1. The molecule has 0 saturated carbocycles. The van der Waals surface area contributed by atoms with Gasteiger partial charge in [0.2, 0.25) is 0 Å². The number of nitrogens with zero attached hydrogens (tertiary/aromatic N) is 1. The van der Waals surface area contributed by atoms with Gasteiger partial charge in [-0.25, -0.2) is 9.59 Å². The lowest BCUT2D eigenvalue weighted by molar-refractivity contribution is 0.0600. The van der Waals surface area contributed by atoms with Gasteiger partial charge in [0.05, 0.1) is 31.4 Å². The third-order valence-electron chi connectivity index (χ3n) is 4.62. The number of rotatable bonds is 5. The number of anilines is 1. The van der Waals surface area contributed by atoms with Crippen LogP contribution in [0.2, 0.25) is 0 Å². The molecule has 0 bridgehead atoms. The van der Waals surface area contributed by atoms with Crippen molar-refractivity contribution in [2.75, 3.05) is 25.6 Å². The highest BCUT2D eigenvalue weighted by Gasteiger charge is 2.30. The van der Waals surface area contributed by atoms with E-state index < -0.39 is 23.9 Å². The van der Waals surface area contributed by atoms with Crippen LogP contribution in [0.25, 0.3) is 0 Å². The predicted octanol–water partition coefficient (Wildman–Crippen LogP) is 2.40. The summed E-state index contributed by atoms with van der Waals surface area (Å²) in [6.07, 6.45) is 0.0144. The third-order valence-corrected chi connectivity index (χ3v) is 5.76. The fourth-order valence-electron chi connectivity index (χ4n) is 3.17. The molecule has 1 aromatic carbocycles. The summed E-state index contributed by atoms with van der Waals surface area (Å²) in [5.41, 5.74) is 7.19. The van der Waals surface area contributed by atoms with E-state index in [0.717, 1.165) is 10.4 Å². The van der Waals surface area contributed by atoms with Crippen molar-refractivity contribution < 1.29 is 28.7 Å². The number of thiophene rings is 1. The molecule has 158 valence electrons. The van der Waals surface area contributed by atoms with Gasteiger partial charge in [0.1, 0.15) is 5.00 Å². The molecule has 30 heavy (non-hydrogen) atoms. The van der Waals surface area contributed by atoms with Crippen LogP contribution in [0.4, 0.5) is 9.80 Å². The number of carbonyl (C=O) groups is 4. The van der Waals surface area contributed by atoms with Gasteiger partial charge in [-0.3, -0.25) is 9.59 Å². The fraction of sp³-hybridized carbons (Fsp3) is 0.300. The summed E-state index contributed by atoms with van der Waals surface area (Å²) in [7, 11) is 1.27. The van der Waals surface area contributed by atoms with Crippen LogP contribution in [0.5, 0.6) is 0 Å².